The highest BCUT2D eigenvalue weighted by Gasteiger charge is 2.35. The molecule has 2 aromatic rings. The fraction of sp³-hybridized carbons (Fsp3) is 0.476. The van der Waals surface area contributed by atoms with Gasteiger partial charge in [0.25, 0.3) is 0 Å². The number of carbonyl (C=O) groups excluding carboxylic acids is 2. The van der Waals surface area contributed by atoms with E-state index in [1.807, 2.05) is 45.0 Å². The lowest BCUT2D eigenvalue weighted by atomic mass is 9.85. The summed E-state index contributed by atoms with van der Waals surface area (Å²) < 4.78 is 0. The highest BCUT2D eigenvalue weighted by molar-refractivity contribution is 7.80. The molecule has 7 nitrogen and oxygen atoms in total. The number of aromatic nitrogens is 1. The third-order valence-corrected chi connectivity index (χ3v) is 5.40. The summed E-state index contributed by atoms with van der Waals surface area (Å²) in [6.45, 7) is 7.17. The van der Waals surface area contributed by atoms with Gasteiger partial charge in [-0.25, -0.2) is 4.79 Å². The maximum atomic E-state index is 12.9. The number of H-pyrrole nitrogens is 1. The maximum Gasteiger partial charge on any atom is 0.326 e. The van der Waals surface area contributed by atoms with Crippen molar-refractivity contribution in [3.05, 3.63) is 36.0 Å². The molecule has 0 fully saturated rings. The number of carboxylic acids is 1. The van der Waals surface area contributed by atoms with Crippen LogP contribution >= 0.6 is 12.6 Å². The molecule has 0 aliphatic heterocycles. The second kappa shape index (κ2) is 9.35. The van der Waals surface area contributed by atoms with Crippen molar-refractivity contribution in [1.29, 1.82) is 0 Å². The lowest BCUT2D eigenvalue weighted by Crippen LogP contribution is -2.57. The molecule has 0 aliphatic carbocycles. The number of hydrogen-bond acceptors (Lipinski definition) is 4. The van der Waals surface area contributed by atoms with E-state index in [2.05, 4.69) is 28.2 Å². The van der Waals surface area contributed by atoms with Crippen LogP contribution in [0.15, 0.2) is 30.5 Å². The third-order valence-electron chi connectivity index (χ3n) is 4.85. The zero-order valence-corrected chi connectivity index (χ0v) is 18.0. The number of carboxylic acid groups (broad SMARTS) is 1. The van der Waals surface area contributed by atoms with Gasteiger partial charge in [0, 0.05) is 35.2 Å². The SMILES string of the molecule is CC(CS)C(=O)NC(C(=O)NC(Cc1c[nH]c2ccccc12)C(=O)O)C(C)(C)C. The number of thiol groups is 1. The van der Waals surface area contributed by atoms with Crippen LogP contribution in [-0.2, 0) is 20.8 Å². The zero-order chi connectivity index (χ0) is 21.8. The van der Waals surface area contributed by atoms with Crippen molar-refractivity contribution >= 4 is 41.3 Å². The van der Waals surface area contributed by atoms with Crippen LogP contribution in [0.5, 0.6) is 0 Å². The molecule has 1 aromatic heterocycles. The second-order valence-corrected chi connectivity index (χ2v) is 8.72. The minimum atomic E-state index is -1.13. The number of nitrogens with one attached hydrogen (secondary N) is 3. The number of rotatable bonds is 8. The van der Waals surface area contributed by atoms with Crippen molar-refractivity contribution in [2.24, 2.45) is 11.3 Å². The van der Waals surface area contributed by atoms with E-state index >= 15 is 0 Å². The van der Waals surface area contributed by atoms with Crippen LogP contribution in [-0.4, -0.2) is 45.7 Å². The van der Waals surface area contributed by atoms with Crippen LogP contribution in [0.3, 0.4) is 0 Å². The molecule has 0 bridgehead atoms. The molecule has 0 saturated carbocycles. The van der Waals surface area contributed by atoms with Gasteiger partial charge in [0.05, 0.1) is 0 Å². The van der Waals surface area contributed by atoms with Gasteiger partial charge in [-0.05, 0) is 17.0 Å². The number of para-hydroxylation sites is 1. The van der Waals surface area contributed by atoms with Crippen molar-refractivity contribution < 1.29 is 19.5 Å². The van der Waals surface area contributed by atoms with E-state index in [-0.39, 0.29) is 18.2 Å². The fourth-order valence-electron chi connectivity index (χ4n) is 3.02. The molecule has 1 heterocycles. The van der Waals surface area contributed by atoms with Gasteiger partial charge in [0.2, 0.25) is 11.8 Å². The normalized spacial score (nSPS) is 14.8. The lowest BCUT2D eigenvalue weighted by Gasteiger charge is -2.32. The van der Waals surface area contributed by atoms with Crippen LogP contribution in [0, 0.1) is 11.3 Å². The van der Waals surface area contributed by atoms with Gasteiger partial charge < -0.3 is 20.7 Å². The molecule has 3 unspecified atom stereocenters. The van der Waals surface area contributed by atoms with Crippen LogP contribution in [0.4, 0.5) is 0 Å². The summed E-state index contributed by atoms with van der Waals surface area (Å²) in [5.41, 5.74) is 1.10. The average molecular weight is 420 g/mol. The molecule has 0 saturated heterocycles. The van der Waals surface area contributed by atoms with E-state index < -0.39 is 29.4 Å². The van der Waals surface area contributed by atoms with Crippen molar-refractivity contribution in [2.75, 3.05) is 5.75 Å². The molecule has 158 valence electrons. The van der Waals surface area contributed by atoms with E-state index in [0.29, 0.717) is 5.75 Å². The van der Waals surface area contributed by atoms with Crippen LogP contribution in [0.2, 0.25) is 0 Å². The fourth-order valence-corrected chi connectivity index (χ4v) is 3.18. The Morgan fingerprint density at radius 2 is 1.79 bits per heavy atom. The van der Waals surface area contributed by atoms with E-state index in [4.69, 9.17) is 0 Å². The van der Waals surface area contributed by atoms with Crippen molar-refractivity contribution in [2.45, 2.75) is 46.2 Å². The van der Waals surface area contributed by atoms with Gasteiger partial charge in [0.15, 0.2) is 0 Å². The predicted molar refractivity (Wildman–Crippen MR) is 116 cm³/mol. The van der Waals surface area contributed by atoms with Crippen molar-refractivity contribution in [3.8, 4) is 0 Å². The van der Waals surface area contributed by atoms with Gasteiger partial charge in [-0.15, -0.1) is 0 Å². The smallest absolute Gasteiger partial charge is 0.326 e. The topological polar surface area (TPSA) is 111 Å². The summed E-state index contributed by atoms with van der Waals surface area (Å²) in [4.78, 5) is 40.2. The van der Waals surface area contributed by atoms with Gasteiger partial charge >= 0.3 is 5.97 Å². The summed E-state index contributed by atoms with van der Waals surface area (Å²) in [5.74, 6) is -1.96. The molecule has 4 N–H and O–H groups in total. The Labute approximate surface area is 176 Å². The van der Waals surface area contributed by atoms with Gasteiger partial charge in [0.1, 0.15) is 12.1 Å². The number of amides is 2. The number of carbonyl (C=O) groups is 3. The van der Waals surface area contributed by atoms with Gasteiger partial charge in [-0.3, -0.25) is 9.59 Å². The van der Waals surface area contributed by atoms with Crippen LogP contribution in [0.1, 0.15) is 33.3 Å². The average Bonchev–Trinajstić information content (AvgIpc) is 3.06. The molecule has 1 aromatic carbocycles. The summed E-state index contributed by atoms with van der Waals surface area (Å²) in [6, 6.07) is 5.58. The predicted octanol–water partition coefficient (Wildman–Crippen LogP) is 2.38. The molecule has 2 amide bonds. The largest absolute Gasteiger partial charge is 0.480 e. The van der Waals surface area contributed by atoms with E-state index in [9.17, 15) is 19.5 Å². The summed E-state index contributed by atoms with van der Waals surface area (Å²) in [5, 5.41) is 15.9. The number of aliphatic carboxylic acids is 1. The third kappa shape index (κ3) is 5.76. The van der Waals surface area contributed by atoms with E-state index in [0.717, 1.165) is 16.5 Å². The van der Waals surface area contributed by atoms with Crippen LogP contribution < -0.4 is 10.6 Å². The monoisotopic (exact) mass is 419 g/mol. The first kappa shape index (κ1) is 22.8. The summed E-state index contributed by atoms with van der Waals surface area (Å²) >= 11 is 4.12. The number of fused-ring (bicyclic) bond motifs is 1. The highest BCUT2D eigenvalue weighted by Crippen LogP contribution is 2.22. The molecular formula is C21H29N3O4S. The zero-order valence-electron chi connectivity index (χ0n) is 17.2. The van der Waals surface area contributed by atoms with Crippen LogP contribution in [0.25, 0.3) is 10.9 Å². The molecule has 0 aliphatic rings. The standard InChI is InChI=1S/C21H29N3O4S/c1-12(11-29)18(25)24-17(21(2,3)4)19(26)23-16(20(27)28)9-13-10-22-15-8-6-5-7-14(13)15/h5-8,10,12,16-17,22,29H,9,11H2,1-4H3,(H,23,26)(H,24,25)(H,27,28). The summed E-state index contributed by atoms with van der Waals surface area (Å²) in [6.07, 6.45) is 1.88. The quantitative estimate of drug-likeness (QED) is 0.423. The lowest BCUT2D eigenvalue weighted by molar-refractivity contribution is -0.143. The molecule has 8 heteroatoms. The number of aromatic amines is 1. The maximum absolute atomic E-state index is 12.9. The molecular weight excluding hydrogens is 390 g/mol. The Hall–Kier alpha value is -2.48. The number of benzene rings is 1. The van der Waals surface area contributed by atoms with E-state index in [1.165, 1.54) is 0 Å². The van der Waals surface area contributed by atoms with E-state index in [1.54, 1.807) is 13.1 Å². The molecule has 0 spiro atoms. The molecule has 2 rings (SSSR count). The summed E-state index contributed by atoms with van der Waals surface area (Å²) in [7, 11) is 0. The molecule has 0 radical (unpaired) electrons. The Morgan fingerprint density at radius 1 is 1.14 bits per heavy atom. The first-order chi connectivity index (χ1) is 13.5. The Morgan fingerprint density at radius 3 is 2.38 bits per heavy atom. The van der Waals surface area contributed by atoms with Gasteiger partial charge in [-0.1, -0.05) is 45.9 Å². The Kier molecular flexibility index (Phi) is 7.35. The minimum absolute atomic E-state index is 0.128. The van der Waals surface area contributed by atoms with Gasteiger partial charge in [-0.2, -0.15) is 12.6 Å². The number of hydrogen-bond donors (Lipinski definition) is 5. The minimum Gasteiger partial charge on any atom is -0.480 e. The van der Waals surface area contributed by atoms with Crippen molar-refractivity contribution in [3.63, 3.8) is 0 Å². The Bertz CT molecular complexity index is 887. The highest BCUT2D eigenvalue weighted by atomic mass is 32.1. The first-order valence-electron chi connectivity index (χ1n) is 9.54. The Balaban J connectivity index is 2.19. The molecule has 29 heavy (non-hydrogen) atoms. The molecule has 3 atom stereocenters. The second-order valence-electron chi connectivity index (χ2n) is 8.35. The van der Waals surface area contributed by atoms with Crippen molar-refractivity contribution in [1.82, 2.24) is 15.6 Å². The first-order valence-corrected chi connectivity index (χ1v) is 10.2.